The van der Waals surface area contributed by atoms with Crippen LogP contribution < -0.4 is 14.8 Å². The van der Waals surface area contributed by atoms with Gasteiger partial charge in [0.1, 0.15) is 0 Å². The first-order chi connectivity index (χ1) is 13.5. The van der Waals surface area contributed by atoms with Crippen LogP contribution in [0.2, 0.25) is 0 Å². The number of nitrogens with one attached hydrogen (secondary N) is 1. The number of hydrogen-bond acceptors (Lipinski definition) is 4. The maximum Gasteiger partial charge on any atom is 0.318 e. The van der Waals surface area contributed by atoms with Gasteiger partial charge in [0.2, 0.25) is 0 Å². The number of carbonyl (C=O) groups excluding carboxylic acids is 1. The Labute approximate surface area is 167 Å². The fourth-order valence-electron chi connectivity index (χ4n) is 3.06. The average Bonchev–Trinajstić information content (AvgIpc) is 2.72. The van der Waals surface area contributed by atoms with E-state index in [2.05, 4.69) is 5.32 Å². The summed E-state index contributed by atoms with van der Waals surface area (Å²) in [7, 11) is 3.16. The molecule has 2 aromatic rings. The van der Waals surface area contributed by atoms with Crippen molar-refractivity contribution in [3.05, 3.63) is 59.7 Å². The summed E-state index contributed by atoms with van der Waals surface area (Å²) in [6.07, 6.45) is 0. The van der Waals surface area contributed by atoms with E-state index >= 15 is 0 Å². The van der Waals surface area contributed by atoms with Crippen molar-refractivity contribution in [1.29, 1.82) is 0 Å². The molecule has 2 rings (SSSR count). The Hall–Kier alpha value is -2.73. The maximum absolute atomic E-state index is 13.0. The van der Waals surface area contributed by atoms with E-state index in [0.717, 1.165) is 11.1 Å². The van der Waals surface area contributed by atoms with Gasteiger partial charge >= 0.3 is 6.03 Å². The summed E-state index contributed by atoms with van der Waals surface area (Å²) in [4.78, 5) is 14.6. The van der Waals surface area contributed by atoms with Crippen molar-refractivity contribution in [3.8, 4) is 11.5 Å². The Kier molecular flexibility index (Phi) is 8.14. The summed E-state index contributed by atoms with van der Waals surface area (Å²) in [5.41, 5.74) is 1.92. The van der Waals surface area contributed by atoms with E-state index in [4.69, 9.17) is 9.47 Å². The topological polar surface area (TPSA) is 71.0 Å². The number of amides is 2. The molecule has 0 bridgehead atoms. The second-order valence-electron chi connectivity index (χ2n) is 6.96. The van der Waals surface area contributed by atoms with Crippen LogP contribution in [0, 0.1) is 5.92 Å². The van der Waals surface area contributed by atoms with E-state index in [-0.39, 0.29) is 24.6 Å². The lowest BCUT2D eigenvalue weighted by Gasteiger charge is -2.33. The molecule has 0 aliphatic rings. The maximum atomic E-state index is 13.0. The normalized spacial score (nSPS) is 11.8. The second kappa shape index (κ2) is 10.6. The number of aliphatic hydroxyl groups is 1. The van der Waals surface area contributed by atoms with Gasteiger partial charge in [0.05, 0.1) is 26.9 Å². The minimum atomic E-state index is -0.273. The van der Waals surface area contributed by atoms with E-state index in [1.54, 1.807) is 19.1 Å². The van der Waals surface area contributed by atoms with Crippen LogP contribution in [-0.2, 0) is 13.1 Å². The van der Waals surface area contributed by atoms with Crippen LogP contribution in [0.3, 0.4) is 0 Å². The molecular formula is C22H30N2O4. The minimum absolute atomic E-state index is 0.0890. The summed E-state index contributed by atoms with van der Waals surface area (Å²) >= 11 is 0. The number of ether oxygens (including phenoxy) is 2. The molecule has 1 atom stereocenters. The second-order valence-corrected chi connectivity index (χ2v) is 6.96. The number of urea groups is 1. The van der Waals surface area contributed by atoms with Crippen molar-refractivity contribution in [1.82, 2.24) is 10.2 Å². The Morgan fingerprint density at radius 1 is 1.04 bits per heavy atom. The molecule has 0 heterocycles. The molecule has 0 aliphatic heterocycles. The molecule has 2 aromatic carbocycles. The zero-order chi connectivity index (χ0) is 20.5. The number of methoxy groups -OCH3 is 2. The third-order valence-electron chi connectivity index (χ3n) is 4.71. The van der Waals surface area contributed by atoms with Crippen molar-refractivity contribution in [2.75, 3.05) is 20.8 Å². The fraction of sp³-hybridized carbons (Fsp3) is 0.409. The Bertz CT molecular complexity index is 749. The van der Waals surface area contributed by atoms with E-state index < -0.39 is 0 Å². The average molecular weight is 386 g/mol. The number of aliphatic hydroxyl groups excluding tert-OH is 1. The number of rotatable bonds is 9. The van der Waals surface area contributed by atoms with E-state index in [1.165, 1.54) is 0 Å². The molecule has 6 heteroatoms. The van der Waals surface area contributed by atoms with Gasteiger partial charge < -0.3 is 24.8 Å². The third-order valence-corrected chi connectivity index (χ3v) is 4.71. The predicted molar refractivity (Wildman–Crippen MR) is 109 cm³/mol. The Balaban J connectivity index is 2.13. The lowest BCUT2D eigenvalue weighted by molar-refractivity contribution is 0.103. The first-order valence-corrected chi connectivity index (χ1v) is 9.40. The highest BCUT2D eigenvalue weighted by molar-refractivity contribution is 5.74. The molecule has 152 valence electrons. The summed E-state index contributed by atoms with van der Waals surface area (Å²) in [6, 6.07) is 14.8. The molecule has 0 aliphatic carbocycles. The number of hydrogen-bond donors (Lipinski definition) is 2. The van der Waals surface area contributed by atoms with E-state index in [9.17, 15) is 9.90 Å². The van der Waals surface area contributed by atoms with Gasteiger partial charge in [-0.3, -0.25) is 0 Å². The molecule has 0 aromatic heterocycles. The van der Waals surface area contributed by atoms with Gasteiger partial charge in [-0.2, -0.15) is 0 Å². The van der Waals surface area contributed by atoms with Crippen LogP contribution in [0.5, 0.6) is 11.5 Å². The van der Waals surface area contributed by atoms with Crippen molar-refractivity contribution in [3.63, 3.8) is 0 Å². The molecule has 0 fully saturated rings. The fourth-order valence-corrected chi connectivity index (χ4v) is 3.06. The Morgan fingerprint density at radius 3 is 2.29 bits per heavy atom. The molecule has 0 spiro atoms. The van der Waals surface area contributed by atoms with Crippen LogP contribution in [0.4, 0.5) is 4.79 Å². The van der Waals surface area contributed by atoms with Gasteiger partial charge in [-0.25, -0.2) is 4.79 Å². The lowest BCUT2D eigenvalue weighted by atomic mass is 10.0. The lowest BCUT2D eigenvalue weighted by Crippen LogP contribution is -2.49. The van der Waals surface area contributed by atoms with Crippen LogP contribution in [-0.4, -0.2) is 42.9 Å². The number of carbonyl (C=O) groups is 1. The highest BCUT2D eigenvalue weighted by Gasteiger charge is 2.26. The zero-order valence-corrected chi connectivity index (χ0v) is 17.0. The van der Waals surface area contributed by atoms with Crippen molar-refractivity contribution >= 4 is 6.03 Å². The van der Waals surface area contributed by atoms with Crippen molar-refractivity contribution in [2.45, 2.75) is 33.0 Å². The summed E-state index contributed by atoms with van der Waals surface area (Å²) in [5.74, 6) is 1.38. The smallest absolute Gasteiger partial charge is 0.318 e. The number of benzene rings is 2. The van der Waals surface area contributed by atoms with Crippen molar-refractivity contribution < 1.29 is 19.4 Å². The van der Waals surface area contributed by atoms with Gasteiger partial charge in [0, 0.05) is 13.1 Å². The van der Waals surface area contributed by atoms with E-state index in [1.807, 2.05) is 62.4 Å². The van der Waals surface area contributed by atoms with Gasteiger partial charge in [-0.1, -0.05) is 50.2 Å². The van der Waals surface area contributed by atoms with Crippen LogP contribution in [0.25, 0.3) is 0 Å². The number of nitrogens with zero attached hydrogens (tertiary/aromatic N) is 1. The molecular weight excluding hydrogens is 356 g/mol. The quantitative estimate of drug-likeness (QED) is 0.693. The zero-order valence-electron chi connectivity index (χ0n) is 17.0. The van der Waals surface area contributed by atoms with Crippen LogP contribution in [0.1, 0.15) is 25.0 Å². The molecule has 2 N–H and O–H groups in total. The van der Waals surface area contributed by atoms with Gasteiger partial charge in [0.25, 0.3) is 0 Å². The summed E-state index contributed by atoms with van der Waals surface area (Å²) < 4.78 is 10.6. The monoisotopic (exact) mass is 386 g/mol. The summed E-state index contributed by atoms with van der Waals surface area (Å²) in [5, 5.41) is 12.8. The Morgan fingerprint density at radius 2 is 1.71 bits per heavy atom. The first kappa shape index (κ1) is 21.6. The van der Waals surface area contributed by atoms with E-state index in [0.29, 0.717) is 24.6 Å². The highest BCUT2D eigenvalue weighted by atomic mass is 16.5. The highest BCUT2D eigenvalue weighted by Crippen LogP contribution is 2.27. The molecule has 0 unspecified atom stereocenters. The van der Waals surface area contributed by atoms with Gasteiger partial charge in [-0.05, 0) is 29.2 Å². The standard InChI is InChI=1S/C22H30N2O4/c1-16(2)19(15-25)24(14-17-8-6-5-7-9-17)22(26)23-13-18-10-11-20(27-3)21(12-18)28-4/h5-12,16,19,25H,13-15H2,1-4H3,(H,23,26)/t19-/m1/s1. The molecule has 0 saturated carbocycles. The molecule has 28 heavy (non-hydrogen) atoms. The third kappa shape index (κ3) is 5.63. The summed E-state index contributed by atoms with van der Waals surface area (Å²) in [6.45, 7) is 4.69. The van der Waals surface area contributed by atoms with Gasteiger partial charge in [-0.15, -0.1) is 0 Å². The predicted octanol–water partition coefficient (Wildman–Crippen LogP) is 3.43. The van der Waals surface area contributed by atoms with Gasteiger partial charge in [0.15, 0.2) is 11.5 Å². The van der Waals surface area contributed by atoms with Crippen molar-refractivity contribution in [2.24, 2.45) is 5.92 Å². The molecule has 6 nitrogen and oxygen atoms in total. The SMILES string of the molecule is COc1ccc(CNC(=O)N(Cc2ccccc2)[C@H](CO)C(C)C)cc1OC. The first-order valence-electron chi connectivity index (χ1n) is 9.40. The molecule has 0 radical (unpaired) electrons. The molecule has 0 saturated heterocycles. The van der Waals surface area contributed by atoms with Crippen LogP contribution in [0.15, 0.2) is 48.5 Å². The molecule has 2 amide bonds. The largest absolute Gasteiger partial charge is 0.493 e. The minimum Gasteiger partial charge on any atom is -0.493 e. The van der Waals surface area contributed by atoms with Crippen LogP contribution >= 0.6 is 0 Å².